The number of rotatable bonds is 9. The summed E-state index contributed by atoms with van der Waals surface area (Å²) >= 11 is 0. The summed E-state index contributed by atoms with van der Waals surface area (Å²) in [5, 5.41) is 10.3. The van der Waals surface area contributed by atoms with E-state index in [4.69, 9.17) is 9.47 Å². The van der Waals surface area contributed by atoms with E-state index in [0.717, 1.165) is 47.7 Å². The normalized spacial score (nSPS) is 12.3. The van der Waals surface area contributed by atoms with Gasteiger partial charge in [-0.15, -0.1) is 0 Å². The van der Waals surface area contributed by atoms with Gasteiger partial charge in [-0.3, -0.25) is 0 Å². The molecule has 1 N–H and O–H groups in total. The van der Waals surface area contributed by atoms with Crippen LogP contribution in [0, 0.1) is 0 Å². The number of aliphatic hydroxyl groups is 1. The van der Waals surface area contributed by atoms with Crippen LogP contribution in [0.4, 0.5) is 0 Å². The average molecular weight is 354 g/mol. The molecule has 0 fully saturated rings. The van der Waals surface area contributed by atoms with Gasteiger partial charge in [0.25, 0.3) is 0 Å². The zero-order valence-electron chi connectivity index (χ0n) is 15.4. The van der Waals surface area contributed by atoms with Crippen LogP contribution in [0.25, 0.3) is 11.0 Å². The largest absolute Gasteiger partial charge is 0.497 e. The summed E-state index contributed by atoms with van der Waals surface area (Å²) in [7, 11) is 1.65. The standard InChI is InChI=1S/C21H26N2O3/c1-3-20(24)21-22-18-11-4-5-12-19(18)23(21)13-6-7-14-26-17-10-8-9-16(15-17)25-2/h4-5,8-12,15,20,24H,3,6-7,13-14H2,1-2H3/t20-/m0/s1. The second kappa shape index (κ2) is 8.72. The fraction of sp³-hybridized carbons (Fsp3) is 0.381. The van der Waals surface area contributed by atoms with Crippen molar-refractivity contribution in [2.45, 2.75) is 38.8 Å². The quantitative estimate of drug-likeness (QED) is 0.581. The van der Waals surface area contributed by atoms with Crippen molar-refractivity contribution >= 4 is 11.0 Å². The van der Waals surface area contributed by atoms with Gasteiger partial charge in [-0.25, -0.2) is 4.98 Å². The average Bonchev–Trinajstić information content (AvgIpc) is 3.06. The van der Waals surface area contributed by atoms with Gasteiger partial charge in [-0.05, 0) is 43.5 Å². The predicted octanol–water partition coefficient (Wildman–Crippen LogP) is 4.35. The lowest BCUT2D eigenvalue weighted by molar-refractivity contribution is 0.159. The molecule has 0 saturated heterocycles. The van der Waals surface area contributed by atoms with Crippen molar-refractivity contribution < 1.29 is 14.6 Å². The van der Waals surface area contributed by atoms with Crippen LogP contribution in [-0.2, 0) is 6.54 Å². The van der Waals surface area contributed by atoms with Crippen LogP contribution < -0.4 is 9.47 Å². The van der Waals surface area contributed by atoms with Crippen molar-refractivity contribution in [1.82, 2.24) is 9.55 Å². The van der Waals surface area contributed by atoms with E-state index in [-0.39, 0.29) is 0 Å². The Morgan fingerprint density at radius 1 is 1.08 bits per heavy atom. The number of imidazole rings is 1. The highest BCUT2D eigenvalue weighted by Crippen LogP contribution is 2.23. The number of benzene rings is 2. The Morgan fingerprint density at radius 3 is 2.69 bits per heavy atom. The molecule has 138 valence electrons. The van der Waals surface area contributed by atoms with Gasteiger partial charge in [0, 0.05) is 12.6 Å². The first kappa shape index (κ1) is 18.3. The van der Waals surface area contributed by atoms with Crippen molar-refractivity contribution in [3.63, 3.8) is 0 Å². The van der Waals surface area contributed by atoms with E-state index >= 15 is 0 Å². The molecule has 0 amide bonds. The van der Waals surface area contributed by atoms with E-state index < -0.39 is 6.10 Å². The third-order valence-corrected chi connectivity index (χ3v) is 4.45. The highest BCUT2D eigenvalue weighted by molar-refractivity contribution is 5.76. The van der Waals surface area contributed by atoms with Crippen LogP contribution in [-0.4, -0.2) is 28.4 Å². The molecule has 0 spiro atoms. The van der Waals surface area contributed by atoms with E-state index in [0.29, 0.717) is 13.0 Å². The molecule has 5 nitrogen and oxygen atoms in total. The van der Waals surface area contributed by atoms with Gasteiger partial charge in [0.1, 0.15) is 23.4 Å². The van der Waals surface area contributed by atoms with Gasteiger partial charge < -0.3 is 19.1 Å². The number of para-hydroxylation sites is 2. The van der Waals surface area contributed by atoms with Crippen LogP contribution in [0.5, 0.6) is 11.5 Å². The van der Waals surface area contributed by atoms with Crippen LogP contribution in [0.3, 0.4) is 0 Å². The summed E-state index contributed by atoms with van der Waals surface area (Å²) in [6.45, 7) is 3.43. The first-order valence-corrected chi connectivity index (χ1v) is 9.13. The first-order valence-electron chi connectivity index (χ1n) is 9.13. The van der Waals surface area contributed by atoms with E-state index in [2.05, 4.69) is 15.6 Å². The fourth-order valence-electron chi connectivity index (χ4n) is 3.02. The maximum Gasteiger partial charge on any atom is 0.138 e. The number of nitrogens with zero attached hydrogens (tertiary/aromatic N) is 2. The summed E-state index contributed by atoms with van der Waals surface area (Å²) in [5.74, 6) is 2.37. The number of aryl methyl sites for hydroxylation is 1. The molecule has 0 radical (unpaired) electrons. The minimum absolute atomic E-state index is 0.532. The van der Waals surface area contributed by atoms with Crippen LogP contribution in [0.15, 0.2) is 48.5 Å². The van der Waals surface area contributed by atoms with Gasteiger partial charge in [-0.2, -0.15) is 0 Å². The fourth-order valence-corrected chi connectivity index (χ4v) is 3.02. The number of hydrogen-bond donors (Lipinski definition) is 1. The Kier molecular flexibility index (Phi) is 6.12. The van der Waals surface area contributed by atoms with Crippen LogP contribution in [0.2, 0.25) is 0 Å². The molecule has 0 bridgehead atoms. The Labute approximate surface area is 154 Å². The molecule has 26 heavy (non-hydrogen) atoms. The lowest BCUT2D eigenvalue weighted by Gasteiger charge is -2.13. The third kappa shape index (κ3) is 4.17. The number of fused-ring (bicyclic) bond motifs is 1. The first-order chi connectivity index (χ1) is 12.7. The summed E-state index contributed by atoms with van der Waals surface area (Å²) in [5.41, 5.74) is 2.01. The van der Waals surface area contributed by atoms with Gasteiger partial charge >= 0.3 is 0 Å². The van der Waals surface area contributed by atoms with E-state index in [1.807, 2.05) is 49.4 Å². The molecule has 1 atom stereocenters. The molecule has 1 heterocycles. The Balaban J connectivity index is 1.59. The van der Waals surface area contributed by atoms with Crippen molar-refractivity contribution in [1.29, 1.82) is 0 Å². The van der Waals surface area contributed by atoms with Gasteiger partial charge in [0.2, 0.25) is 0 Å². The Morgan fingerprint density at radius 2 is 1.88 bits per heavy atom. The summed E-state index contributed by atoms with van der Waals surface area (Å²) in [4.78, 5) is 4.62. The smallest absolute Gasteiger partial charge is 0.138 e. The molecule has 0 aliphatic rings. The van der Waals surface area contributed by atoms with Crippen molar-refractivity contribution in [2.24, 2.45) is 0 Å². The molecule has 1 aromatic heterocycles. The molecular formula is C21H26N2O3. The number of aromatic nitrogens is 2. The molecule has 5 heteroatoms. The second-order valence-electron chi connectivity index (χ2n) is 6.27. The summed E-state index contributed by atoms with van der Waals surface area (Å²) in [6, 6.07) is 15.7. The molecule has 3 aromatic rings. The Hall–Kier alpha value is -2.53. The van der Waals surface area contributed by atoms with E-state index in [1.54, 1.807) is 7.11 Å². The van der Waals surface area contributed by atoms with E-state index in [9.17, 15) is 5.11 Å². The lowest BCUT2D eigenvalue weighted by Crippen LogP contribution is -2.09. The van der Waals surface area contributed by atoms with Crippen LogP contribution >= 0.6 is 0 Å². The zero-order valence-corrected chi connectivity index (χ0v) is 15.4. The minimum atomic E-state index is -0.532. The van der Waals surface area contributed by atoms with Crippen molar-refractivity contribution in [3.8, 4) is 11.5 Å². The third-order valence-electron chi connectivity index (χ3n) is 4.45. The Bertz CT molecular complexity index is 844. The minimum Gasteiger partial charge on any atom is -0.497 e. The monoisotopic (exact) mass is 354 g/mol. The number of aliphatic hydroxyl groups excluding tert-OH is 1. The number of ether oxygens (including phenoxy) is 2. The number of methoxy groups -OCH3 is 1. The van der Waals surface area contributed by atoms with E-state index in [1.165, 1.54) is 0 Å². The number of unbranched alkanes of at least 4 members (excludes halogenated alkanes) is 1. The highest BCUT2D eigenvalue weighted by Gasteiger charge is 2.16. The van der Waals surface area contributed by atoms with Gasteiger partial charge in [0.05, 0.1) is 24.8 Å². The zero-order chi connectivity index (χ0) is 18.4. The second-order valence-corrected chi connectivity index (χ2v) is 6.27. The maximum absolute atomic E-state index is 10.3. The highest BCUT2D eigenvalue weighted by atomic mass is 16.5. The molecule has 3 rings (SSSR count). The molecular weight excluding hydrogens is 328 g/mol. The predicted molar refractivity (Wildman–Crippen MR) is 103 cm³/mol. The maximum atomic E-state index is 10.3. The number of hydrogen-bond acceptors (Lipinski definition) is 4. The lowest BCUT2D eigenvalue weighted by atomic mass is 10.2. The SMILES string of the molecule is CC[C@H](O)c1nc2ccccc2n1CCCCOc1cccc(OC)c1. The topological polar surface area (TPSA) is 56.5 Å². The van der Waals surface area contributed by atoms with Crippen molar-refractivity contribution in [2.75, 3.05) is 13.7 Å². The molecule has 0 unspecified atom stereocenters. The molecule has 0 aliphatic carbocycles. The summed E-state index contributed by atoms with van der Waals surface area (Å²) in [6.07, 6.45) is 2.00. The van der Waals surface area contributed by atoms with Crippen molar-refractivity contribution in [3.05, 3.63) is 54.4 Å². The summed E-state index contributed by atoms with van der Waals surface area (Å²) < 4.78 is 13.1. The van der Waals surface area contributed by atoms with Crippen LogP contribution in [0.1, 0.15) is 38.1 Å². The molecule has 0 aliphatic heterocycles. The van der Waals surface area contributed by atoms with Gasteiger partial charge in [-0.1, -0.05) is 25.1 Å². The molecule has 0 saturated carbocycles. The molecule has 2 aromatic carbocycles. The van der Waals surface area contributed by atoms with Gasteiger partial charge in [0.15, 0.2) is 0 Å².